The Morgan fingerprint density at radius 3 is 2.74 bits per heavy atom. The van der Waals surface area contributed by atoms with Crippen molar-refractivity contribution in [3.8, 4) is 0 Å². The van der Waals surface area contributed by atoms with Crippen molar-refractivity contribution in [2.75, 3.05) is 13.1 Å². The van der Waals surface area contributed by atoms with Gasteiger partial charge in [-0.2, -0.15) is 0 Å². The van der Waals surface area contributed by atoms with Crippen LogP contribution in [-0.2, 0) is 16.1 Å². The van der Waals surface area contributed by atoms with Gasteiger partial charge in [-0.15, -0.1) is 0 Å². The first-order valence-electron chi connectivity index (χ1n) is 7.81. The molecule has 126 valence electrons. The first-order valence-corrected chi connectivity index (χ1v) is 7.81. The number of pyridine rings is 1. The summed E-state index contributed by atoms with van der Waals surface area (Å²) in [4.78, 5) is 37.4. The summed E-state index contributed by atoms with van der Waals surface area (Å²) in [6, 6.07) is 3.48. The molecule has 1 atom stereocenters. The molecule has 23 heavy (non-hydrogen) atoms. The van der Waals surface area contributed by atoms with E-state index in [0.717, 1.165) is 18.4 Å². The highest BCUT2D eigenvalue weighted by Crippen LogP contribution is 2.26. The summed E-state index contributed by atoms with van der Waals surface area (Å²) in [6.45, 7) is 3.88. The smallest absolute Gasteiger partial charge is 0.251 e. The minimum absolute atomic E-state index is 0.0000372. The van der Waals surface area contributed by atoms with E-state index >= 15 is 0 Å². The van der Waals surface area contributed by atoms with E-state index in [-0.39, 0.29) is 30.6 Å². The molecule has 1 aromatic heterocycles. The van der Waals surface area contributed by atoms with Crippen LogP contribution in [-0.4, -0.2) is 51.6 Å². The average Bonchev–Trinajstić information content (AvgIpc) is 3.30. The molecule has 1 aromatic rings. The second-order valence-corrected chi connectivity index (χ2v) is 5.96. The van der Waals surface area contributed by atoms with E-state index in [1.807, 2.05) is 6.92 Å². The van der Waals surface area contributed by atoms with Gasteiger partial charge in [-0.05, 0) is 38.3 Å². The van der Waals surface area contributed by atoms with Crippen LogP contribution >= 0.6 is 0 Å². The number of aromatic nitrogens is 1. The molecule has 2 amide bonds. The van der Waals surface area contributed by atoms with Gasteiger partial charge < -0.3 is 19.9 Å². The van der Waals surface area contributed by atoms with Gasteiger partial charge in [0.25, 0.3) is 5.56 Å². The van der Waals surface area contributed by atoms with E-state index in [0.29, 0.717) is 6.54 Å². The highest BCUT2D eigenvalue weighted by Gasteiger charge is 2.32. The summed E-state index contributed by atoms with van der Waals surface area (Å²) < 4.78 is 1.39. The van der Waals surface area contributed by atoms with Gasteiger partial charge in [-0.25, -0.2) is 0 Å². The zero-order chi connectivity index (χ0) is 17.0. The molecule has 1 heterocycles. The third-order valence-electron chi connectivity index (χ3n) is 3.80. The number of aliphatic hydroxyl groups excluding tert-OH is 1. The lowest BCUT2D eigenvalue weighted by molar-refractivity contribution is -0.133. The maximum atomic E-state index is 12.4. The Bertz CT molecular complexity index is 634. The SMILES string of the molecule is Cc1ccn(CC(=O)N(CCNC(=O)C(C)O)C2CC2)c(=O)c1. The van der Waals surface area contributed by atoms with Crippen LogP contribution < -0.4 is 10.9 Å². The molecule has 0 saturated heterocycles. The summed E-state index contributed by atoms with van der Waals surface area (Å²) in [5, 5.41) is 11.7. The highest BCUT2D eigenvalue weighted by molar-refractivity contribution is 5.80. The number of carbonyl (C=O) groups excluding carboxylic acids is 2. The van der Waals surface area contributed by atoms with Gasteiger partial charge in [0.1, 0.15) is 12.6 Å². The lowest BCUT2D eigenvalue weighted by Gasteiger charge is -2.23. The fourth-order valence-corrected chi connectivity index (χ4v) is 2.32. The molecule has 1 aliphatic rings. The number of aliphatic hydroxyl groups is 1. The number of hydrogen-bond donors (Lipinski definition) is 2. The predicted molar refractivity (Wildman–Crippen MR) is 84.9 cm³/mol. The lowest BCUT2D eigenvalue weighted by Crippen LogP contribution is -2.43. The van der Waals surface area contributed by atoms with Gasteiger partial charge in [0.2, 0.25) is 11.8 Å². The van der Waals surface area contributed by atoms with Crippen molar-refractivity contribution in [2.24, 2.45) is 0 Å². The number of nitrogens with zero attached hydrogens (tertiary/aromatic N) is 2. The van der Waals surface area contributed by atoms with Crippen molar-refractivity contribution < 1.29 is 14.7 Å². The van der Waals surface area contributed by atoms with E-state index in [1.165, 1.54) is 17.6 Å². The van der Waals surface area contributed by atoms with E-state index in [1.54, 1.807) is 17.2 Å². The molecule has 1 fully saturated rings. The average molecular weight is 321 g/mol. The van der Waals surface area contributed by atoms with Crippen LogP contribution in [0.3, 0.4) is 0 Å². The largest absolute Gasteiger partial charge is 0.384 e. The normalized spacial score (nSPS) is 15.1. The molecule has 0 aromatic carbocycles. The zero-order valence-corrected chi connectivity index (χ0v) is 13.5. The van der Waals surface area contributed by atoms with E-state index < -0.39 is 12.0 Å². The van der Waals surface area contributed by atoms with Crippen LogP contribution in [0.4, 0.5) is 0 Å². The molecule has 0 spiro atoms. The van der Waals surface area contributed by atoms with E-state index in [4.69, 9.17) is 5.11 Å². The molecule has 1 saturated carbocycles. The third-order valence-corrected chi connectivity index (χ3v) is 3.80. The number of carbonyl (C=O) groups is 2. The van der Waals surface area contributed by atoms with Crippen molar-refractivity contribution in [3.05, 3.63) is 34.2 Å². The molecule has 7 nitrogen and oxygen atoms in total. The second-order valence-electron chi connectivity index (χ2n) is 5.96. The molecule has 2 N–H and O–H groups in total. The molecule has 7 heteroatoms. The summed E-state index contributed by atoms with van der Waals surface area (Å²) >= 11 is 0. The Morgan fingerprint density at radius 2 is 2.17 bits per heavy atom. The second kappa shape index (κ2) is 7.41. The Kier molecular flexibility index (Phi) is 5.54. The maximum absolute atomic E-state index is 12.4. The Balaban J connectivity index is 1.93. The summed E-state index contributed by atoms with van der Waals surface area (Å²) in [6.07, 6.45) is 2.44. The van der Waals surface area contributed by atoms with Crippen LogP contribution in [0.15, 0.2) is 23.1 Å². The van der Waals surface area contributed by atoms with E-state index in [9.17, 15) is 14.4 Å². The summed E-state index contributed by atoms with van der Waals surface area (Å²) in [7, 11) is 0. The Labute approximate surface area is 134 Å². The van der Waals surface area contributed by atoms with Crippen molar-refractivity contribution in [3.63, 3.8) is 0 Å². The number of hydrogen-bond acceptors (Lipinski definition) is 4. The topological polar surface area (TPSA) is 91.6 Å². The first-order chi connectivity index (χ1) is 10.9. The molecular weight excluding hydrogens is 298 g/mol. The molecule has 0 bridgehead atoms. The Morgan fingerprint density at radius 1 is 1.48 bits per heavy atom. The molecule has 0 aliphatic heterocycles. The molecule has 1 unspecified atom stereocenters. The first kappa shape index (κ1) is 17.2. The van der Waals surface area contributed by atoms with Gasteiger partial charge in [0.05, 0.1) is 0 Å². The van der Waals surface area contributed by atoms with Crippen LogP contribution in [0, 0.1) is 6.92 Å². The lowest BCUT2D eigenvalue weighted by atomic mass is 10.3. The number of rotatable bonds is 7. The zero-order valence-electron chi connectivity index (χ0n) is 13.5. The Hall–Kier alpha value is -2.15. The van der Waals surface area contributed by atoms with Gasteiger partial charge >= 0.3 is 0 Å². The number of amides is 2. The minimum atomic E-state index is -1.06. The molecule has 2 rings (SSSR count). The third kappa shape index (κ3) is 4.92. The van der Waals surface area contributed by atoms with Crippen LogP contribution in [0.2, 0.25) is 0 Å². The quantitative estimate of drug-likeness (QED) is 0.718. The van der Waals surface area contributed by atoms with Crippen LogP contribution in [0.25, 0.3) is 0 Å². The highest BCUT2D eigenvalue weighted by atomic mass is 16.3. The van der Waals surface area contributed by atoms with Crippen LogP contribution in [0.1, 0.15) is 25.3 Å². The predicted octanol–water partition coefficient (Wildman–Crippen LogP) is -0.355. The molecular formula is C16H23N3O4. The fraction of sp³-hybridized carbons (Fsp3) is 0.562. The standard InChI is InChI=1S/C16H23N3O4/c1-11-5-7-18(14(21)9-11)10-15(22)19(13-3-4-13)8-6-17-16(23)12(2)20/h5,7,9,12-13,20H,3-4,6,8,10H2,1-2H3,(H,17,23). The van der Waals surface area contributed by atoms with Crippen molar-refractivity contribution in [1.82, 2.24) is 14.8 Å². The van der Waals surface area contributed by atoms with Gasteiger partial charge in [0, 0.05) is 31.4 Å². The summed E-state index contributed by atoms with van der Waals surface area (Å²) in [5.74, 6) is -0.590. The number of nitrogens with one attached hydrogen (secondary N) is 1. The van der Waals surface area contributed by atoms with Gasteiger partial charge in [0.15, 0.2) is 0 Å². The van der Waals surface area contributed by atoms with Crippen LogP contribution in [0.5, 0.6) is 0 Å². The summed E-state index contributed by atoms with van der Waals surface area (Å²) in [5.41, 5.74) is 0.662. The van der Waals surface area contributed by atoms with E-state index in [2.05, 4.69) is 5.32 Å². The maximum Gasteiger partial charge on any atom is 0.251 e. The molecule has 1 aliphatic carbocycles. The monoisotopic (exact) mass is 321 g/mol. The van der Waals surface area contributed by atoms with Gasteiger partial charge in [-0.1, -0.05) is 0 Å². The molecule has 0 radical (unpaired) electrons. The van der Waals surface area contributed by atoms with Crippen molar-refractivity contribution in [1.29, 1.82) is 0 Å². The minimum Gasteiger partial charge on any atom is -0.384 e. The van der Waals surface area contributed by atoms with Crippen molar-refractivity contribution >= 4 is 11.8 Å². The number of aryl methyl sites for hydroxylation is 1. The van der Waals surface area contributed by atoms with Crippen molar-refractivity contribution in [2.45, 2.75) is 45.4 Å². The fourth-order valence-electron chi connectivity index (χ4n) is 2.32. The van der Waals surface area contributed by atoms with Gasteiger partial charge in [-0.3, -0.25) is 14.4 Å².